The zero-order valence-electron chi connectivity index (χ0n) is 10.4. The summed E-state index contributed by atoms with van der Waals surface area (Å²) in [6.45, 7) is 4.78. The number of benzene rings is 1. The number of rotatable bonds is 3. The topological polar surface area (TPSA) is 58.7 Å². The second-order valence-corrected chi connectivity index (χ2v) is 5.64. The summed E-state index contributed by atoms with van der Waals surface area (Å²) >= 11 is 3.50. The van der Waals surface area contributed by atoms with E-state index in [1.54, 1.807) is 4.90 Å². The number of urea groups is 1. The summed E-state index contributed by atoms with van der Waals surface area (Å²) in [7, 11) is 0. The van der Waals surface area contributed by atoms with E-state index in [9.17, 15) is 4.79 Å². The Kier molecular flexibility index (Phi) is 3.71. The van der Waals surface area contributed by atoms with E-state index < -0.39 is 0 Å². The van der Waals surface area contributed by atoms with E-state index in [-0.39, 0.29) is 12.1 Å². The van der Waals surface area contributed by atoms with Gasteiger partial charge in [0.2, 0.25) is 0 Å². The van der Waals surface area contributed by atoms with Gasteiger partial charge in [-0.05, 0) is 17.5 Å². The fourth-order valence-electron chi connectivity index (χ4n) is 2.11. The molecule has 1 unspecified atom stereocenters. The molecule has 0 aliphatic carbocycles. The molecule has 1 heterocycles. The van der Waals surface area contributed by atoms with Crippen molar-refractivity contribution >= 4 is 27.8 Å². The fourth-order valence-corrected chi connectivity index (χ4v) is 2.61. The van der Waals surface area contributed by atoms with Gasteiger partial charge >= 0.3 is 6.03 Å². The molecular weight excluding hydrogens is 294 g/mol. The number of hydrogen-bond donors (Lipinski definition) is 1. The van der Waals surface area contributed by atoms with Crippen molar-refractivity contribution in [2.45, 2.75) is 19.9 Å². The number of nitrogens with two attached hydrogens (primary N) is 1. The average molecular weight is 310 g/mol. The molecular formula is C13H16BrN3O. The number of carbonyl (C=O) groups excluding carboxylic acids is 1. The number of aliphatic imine (C=N–C) groups is 1. The molecule has 0 fully saturated rings. The largest absolute Gasteiger partial charge is 0.385 e. The second-order valence-electron chi connectivity index (χ2n) is 4.79. The first-order valence-electron chi connectivity index (χ1n) is 5.89. The van der Waals surface area contributed by atoms with Crippen molar-refractivity contribution in [2.24, 2.45) is 16.6 Å². The van der Waals surface area contributed by atoms with Crippen molar-refractivity contribution in [3.05, 3.63) is 34.3 Å². The van der Waals surface area contributed by atoms with Crippen molar-refractivity contribution in [3.63, 3.8) is 0 Å². The quantitative estimate of drug-likeness (QED) is 0.933. The number of halogens is 1. The van der Waals surface area contributed by atoms with Crippen LogP contribution in [0.3, 0.4) is 0 Å². The molecule has 1 atom stereocenters. The highest BCUT2D eigenvalue weighted by Crippen LogP contribution is 2.32. The van der Waals surface area contributed by atoms with Gasteiger partial charge in [-0.1, -0.05) is 48.0 Å². The Morgan fingerprint density at radius 1 is 1.44 bits per heavy atom. The highest BCUT2D eigenvalue weighted by Gasteiger charge is 2.35. The smallest absolute Gasteiger partial charge is 0.346 e. The zero-order valence-corrected chi connectivity index (χ0v) is 12.0. The third-order valence-electron chi connectivity index (χ3n) is 2.82. The van der Waals surface area contributed by atoms with Crippen LogP contribution in [0.2, 0.25) is 0 Å². The van der Waals surface area contributed by atoms with Crippen molar-refractivity contribution in [1.82, 2.24) is 4.90 Å². The molecule has 1 aliphatic rings. The Labute approximate surface area is 115 Å². The predicted octanol–water partition coefficient (Wildman–Crippen LogP) is 2.94. The third-order valence-corrected chi connectivity index (χ3v) is 3.55. The van der Waals surface area contributed by atoms with Crippen LogP contribution in [0.5, 0.6) is 0 Å². The summed E-state index contributed by atoms with van der Waals surface area (Å²) in [4.78, 5) is 17.5. The molecule has 5 heteroatoms. The van der Waals surface area contributed by atoms with E-state index in [1.807, 2.05) is 24.3 Å². The monoisotopic (exact) mass is 309 g/mol. The maximum Gasteiger partial charge on any atom is 0.346 e. The minimum Gasteiger partial charge on any atom is -0.385 e. The van der Waals surface area contributed by atoms with E-state index in [0.717, 1.165) is 10.0 Å². The lowest BCUT2D eigenvalue weighted by atomic mass is 10.0. The molecule has 0 aromatic heterocycles. The number of amides is 2. The fraction of sp³-hybridized carbons (Fsp3) is 0.385. The second kappa shape index (κ2) is 5.10. The lowest BCUT2D eigenvalue weighted by Crippen LogP contribution is -2.36. The van der Waals surface area contributed by atoms with E-state index >= 15 is 0 Å². The summed E-state index contributed by atoms with van der Waals surface area (Å²) in [6.07, 6.45) is 0. The highest BCUT2D eigenvalue weighted by atomic mass is 79.9. The van der Waals surface area contributed by atoms with Crippen LogP contribution in [-0.4, -0.2) is 23.3 Å². The van der Waals surface area contributed by atoms with Crippen molar-refractivity contribution in [2.75, 3.05) is 6.54 Å². The molecule has 0 spiro atoms. The van der Waals surface area contributed by atoms with Crippen LogP contribution in [0.15, 0.2) is 33.7 Å². The first-order valence-corrected chi connectivity index (χ1v) is 6.69. The van der Waals surface area contributed by atoms with Gasteiger partial charge in [0.05, 0.1) is 0 Å². The Balaban J connectivity index is 2.37. The molecule has 4 nitrogen and oxygen atoms in total. The van der Waals surface area contributed by atoms with Crippen LogP contribution in [0.4, 0.5) is 4.79 Å². The first kappa shape index (κ1) is 13.1. The normalized spacial score (nSPS) is 19.6. The number of carbonyl (C=O) groups is 1. The van der Waals surface area contributed by atoms with Crippen LogP contribution < -0.4 is 5.73 Å². The first-order chi connectivity index (χ1) is 8.50. The minimum atomic E-state index is -0.254. The van der Waals surface area contributed by atoms with Crippen LogP contribution in [0, 0.1) is 5.92 Å². The Bertz CT molecular complexity index is 499. The van der Waals surface area contributed by atoms with Crippen LogP contribution in [0.1, 0.15) is 25.5 Å². The summed E-state index contributed by atoms with van der Waals surface area (Å²) in [5, 5.41) is 0. The van der Waals surface area contributed by atoms with E-state index in [1.165, 1.54) is 0 Å². The third kappa shape index (κ3) is 2.41. The van der Waals surface area contributed by atoms with Crippen LogP contribution >= 0.6 is 15.9 Å². The van der Waals surface area contributed by atoms with Gasteiger partial charge in [0.25, 0.3) is 0 Å². The molecule has 96 valence electrons. The standard InChI is InChI=1S/C13H16BrN3O/c1-8(2)7-17-11(12(15)16-13(17)18)9-5-3-4-6-10(9)14/h3-6,8,11H,7H2,1-2H3,(H2,15,16,18). The maximum absolute atomic E-state index is 11.9. The van der Waals surface area contributed by atoms with Gasteiger partial charge in [0, 0.05) is 11.0 Å². The summed E-state index contributed by atoms with van der Waals surface area (Å²) in [5.41, 5.74) is 6.88. The van der Waals surface area contributed by atoms with Crippen molar-refractivity contribution < 1.29 is 4.79 Å². The van der Waals surface area contributed by atoms with Crippen LogP contribution in [0.25, 0.3) is 0 Å². The van der Waals surface area contributed by atoms with E-state index in [2.05, 4.69) is 34.8 Å². The Hall–Kier alpha value is -1.36. The van der Waals surface area contributed by atoms with Gasteiger partial charge in [0.15, 0.2) is 0 Å². The van der Waals surface area contributed by atoms with Crippen molar-refractivity contribution in [3.8, 4) is 0 Å². The molecule has 0 radical (unpaired) electrons. The molecule has 18 heavy (non-hydrogen) atoms. The van der Waals surface area contributed by atoms with Gasteiger partial charge in [-0.2, -0.15) is 4.99 Å². The van der Waals surface area contributed by atoms with Gasteiger partial charge in [-0.25, -0.2) is 4.79 Å². The molecule has 2 N–H and O–H groups in total. The molecule has 1 aromatic carbocycles. The molecule has 2 rings (SSSR count). The van der Waals surface area contributed by atoms with Gasteiger partial charge in [0.1, 0.15) is 11.9 Å². The minimum absolute atomic E-state index is 0.248. The molecule has 1 aromatic rings. The maximum atomic E-state index is 11.9. The Morgan fingerprint density at radius 3 is 2.72 bits per heavy atom. The summed E-state index contributed by atoms with van der Waals surface area (Å²) in [5.74, 6) is 0.743. The van der Waals surface area contributed by atoms with Gasteiger partial charge in [-0.3, -0.25) is 0 Å². The van der Waals surface area contributed by atoms with Crippen molar-refractivity contribution in [1.29, 1.82) is 0 Å². The highest BCUT2D eigenvalue weighted by molar-refractivity contribution is 9.10. The Morgan fingerprint density at radius 2 is 2.11 bits per heavy atom. The van der Waals surface area contributed by atoms with Gasteiger partial charge in [-0.15, -0.1) is 0 Å². The molecule has 0 saturated carbocycles. The number of hydrogen-bond acceptors (Lipinski definition) is 2. The molecule has 0 bridgehead atoms. The molecule has 2 amide bonds. The average Bonchev–Trinajstić information content (AvgIpc) is 2.55. The summed E-state index contributed by atoms with van der Waals surface area (Å²) < 4.78 is 0.941. The lowest BCUT2D eigenvalue weighted by molar-refractivity contribution is 0.198. The number of nitrogens with zero attached hydrogens (tertiary/aromatic N) is 2. The molecule has 1 aliphatic heterocycles. The molecule has 0 saturated heterocycles. The number of amidine groups is 1. The van der Waals surface area contributed by atoms with E-state index in [0.29, 0.717) is 18.3 Å². The lowest BCUT2D eigenvalue weighted by Gasteiger charge is -2.26. The van der Waals surface area contributed by atoms with Crippen LogP contribution in [-0.2, 0) is 0 Å². The van der Waals surface area contributed by atoms with Gasteiger partial charge < -0.3 is 10.6 Å². The zero-order chi connectivity index (χ0) is 13.3. The predicted molar refractivity (Wildman–Crippen MR) is 75.4 cm³/mol. The summed E-state index contributed by atoms with van der Waals surface area (Å²) in [6, 6.07) is 7.27. The SMILES string of the molecule is CC(C)CN1C(=O)N=C(N)C1c1ccccc1Br. The van der Waals surface area contributed by atoms with E-state index in [4.69, 9.17) is 5.73 Å².